The Kier molecular flexibility index (Phi) is 6.73. The first-order valence-corrected chi connectivity index (χ1v) is 8.41. The summed E-state index contributed by atoms with van der Waals surface area (Å²) in [6.45, 7) is 0.831. The second kappa shape index (κ2) is 8.79. The van der Waals surface area contributed by atoms with Crippen molar-refractivity contribution < 1.29 is 19.2 Å². The third-order valence-corrected chi connectivity index (χ3v) is 4.58. The lowest BCUT2D eigenvalue weighted by Gasteiger charge is -2.08. The quantitative estimate of drug-likeness (QED) is 0.418. The number of nitrogens with one attached hydrogen (secondary N) is 2. The summed E-state index contributed by atoms with van der Waals surface area (Å²) >= 11 is 7.08. The number of amidine groups is 1. The van der Waals surface area contributed by atoms with E-state index in [9.17, 15) is 19.7 Å². The number of hydrogen-bond donors (Lipinski definition) is 2. The molecule has 25 heavy (non-hydrogen) atoms. The summed E-state index contributed by atoms with van der Waals surface area (Å²) in [7, 11) is 1.55. The Labute approximate surface area is 152 Å². The van der Waals surface area contributed by atoms with E-state index >= 15 is 0 Å². The molecule has 0 radical (unpaired) electrons. The number of halogens is 1. The molecule has 9 nitrogen and oxygen atoms in total. The fourth-order valence-electron chi connectivity index (χ4n) is 1.95. The molecule has 1 heterocycles. The standard InChI is InChI=1S/C14H15ClN4O5S/c1-24-5-4-16-14-18-13(21)11(25-14)7-12(20)17-10-6-8(19(22)23)2-3-9(10)15/h2-3,6,11H,4-5,7H2,1H3,(H,17,20)(H,16,18,21)/t11-/m0/s1. The van der Waals surface area contributed by atoms with Crippen LogP contribution in [0.15, 0.2) is 23.2 Å². The number of nitrogens with zero attached hydrogens (tertiary/aromatic N) is 2. The van der Waals surface area contributed by atoms with Crippen molar-refractivity contribution in [2.45, 2.75) is 11.7 Å². The molecule has 0 spiro atoms. The first kappa shape index (κ1) is 19.2. The van der Waals surface area contributed by atoms with E-state index in [2.05, 4.69) is 15.6 Å². The van der Waals surface area contributed by atoms with E-state index in [1.54, 1.807) is 7.11 Å². The lowest BCUT2D eigenvalue weighted by Crippen LogP contribution is -2.28. The van der Waals surface area contributed by atoms with E-state index in [1.807, 2.05) is 0 Å². The van der Waals surface area contributed by atoms with E-state index < -0.39 is 16.1 Å². The average Bonchev–Trinajstić information content (AvgIpc) is 2.89. The van der Waals surface area contributed by atoms with Crippen LogP contribution in [0.2, 0.25) is 5.02 Å². The molecule has 1 aliphatic rings. The van der Waals surface area contributed by atoms with Gasteiger partial charge >= 0.3 is 0 Å². The number of non-ortho nitro benzene ring substituents is 1. The Morgan fingerprint density at radius 2 is 2.32 bits per heavy atom. The van der Waals surface area contributed by atoms with E-state index in [4.69, 9.17) is 16.3 Å². The highest BCUT2D eigenvalue weighted by molar-refractivity contribution is 8.15. The topological polar surface area (TPSA) is 123 Å². The zero-order valence-corrected chi connectivity index (χ0v) is 14.7. The van der Waals surface area contributed by atoms with Crippen LogP contribution in [0.5, 0.6) is 0 Å². The van der Waals surface area contributed by atoms with Crippen LogP contribution in [0, 0.1) is 10.1 Å². The van der Waals surface area contributed by atoms with Crippen molar-refractivity contribution in [1.82, 2.24) is 5.32 Å². The molecule has 0 unspecified atom stereocenters. The van der Waals surface area contributed by atoms with Gasteiger partial charge in [-0.2, -0.15) is 0 Å². The van der Waals surface area contributed by atoms with Crippen LogP contribution in [0.3, 0.4) is 0 Å². The highest BCUT2D eigenvalue weighted by atomic mass is 35.5. The molecule has 134 valence electrons. The molecule has 0 aliphatic carbocycles. The van der Waals surface area contributed by atoms with Crippen molar-refractivity contribution >= 4 is 51.7 Å². The summed E-state index contributed by atoms with van der Waals surface area (Å²) in [6.07, 6.45) is -0.112. The number of aliphatic imine (C=N–C) groups is 1. The van der Waals surface area contributed by atoms with Gasteiger partial charge in [0, 0.05) is 25.7 Å². The zero-order valence-electron chi connectivity index (χ0n) is 13.2. The molecule has 0 saturated carbocycles. The lowest BCUT2D eigenvalue weighted by atomic mass is 10.2. The van der Waals surface area contributed by atoms with Crippen molar-refractivity contribution in [3.63, 3.8) is 0 Å². The number of ether oxygens (including phenoxy) is 1. The van der Waals surface area contributed by atoms with Gasteiger partial charge < -0.3 is 15.4 Å². The number of anilines is 1. The van der Waals surface area contributed by atoms with Gasteiger partial charge in [-0.1, -0.05) is 23.4 Å². The van der Waals surface area contributed by atoms with E-state index in [-0.39, 0.29) is 28.7 Å². The van der Waals surface area contributed by atoms with Crippen LogP contribution in [0.4, 0.5) is 11.4 Å². The Hall–Kier alpha value is -2.17. The van der Waals surface area contributed by atoms with Crippen molar-refractivity contribution in [1.29, 1.82) is 0 Å². The molecule has 1 fully saturated rings. The molecule has 1 saturated heterocycles. The van der Waals surface area contributed by atoms with Crippen LogP contribution >= 0.6 is 23.4 Å². The summed E-state index contributed by atoms with van der Waals surface area (Å²) in [6, 6.07) is 3.73. The predicted octanol–water partition coefficient (Wildman–Crippen LogP) is 1.81. The number of nitro groups is 1. The second-order valence-corrected chi connectivity index (χ2v) is 6.55. The normalized spacial score (nSPS) is 18.2. The number of carbonyl (C=O) groups is 2. The molecule has 1 aromatic rings. The summed E-state index contributed by atoms with van der Waals surface area (Å²) in [4.78, 5) is 38.3. The predicted molar refractivity (Wildman–Crippen MR) is 95.1 cm³/mol. The Morgan fingerprint density at radius 3 is 3.00 bits per heavy atom. The minimum absolute atomic E-state index is 0.112. The van der Waals surface area contributed by atoms with Crippen LogP contribution in [-0.2, 0) is 14.3 Å². The molecule has 1 aliphatic heterocycles. The molecule has 1 aromatic carbocycles. The summed E-state index contributed by atoms with van der Waals surface area (Å²) < 4.78 is 4.87. The smallest absolute Gasteiger partial charge is 0.271 e. The van der Waals surface area contributed by atoms with Gasteiger partial charge in [0.2, 0.25) is 11.8 Å². The molecular weight excluding hydrogens is 372 g/mol. The number of methoxy groups -OCH3 is 1. The number of amides is 2. The molecule has 2 rings (SSSR count). The van der Waals surface area contributed by atoms with Crippen LogP contribution in [0.1, 0.15) is 6.42 Å². The number of hydrogen-bond acceptors (Lipinski definition) is 7. The Bertz CT molecular complexity index is 727. The first-order chi connectivity index (χ1) is 11.9. The summed E-state index contributed by atoms with van der Waals surface area (Å²) in [5.74, 6) is -0.797. The van der Waals surface area contributed by atoms with Crippen LogP contribution in [-0.4, -0.2) is 47.4 Å². The molecule has 2 N–H and O–H groups in total. The third-order valence-electron chi connectivity index (χ3n) is 3.13. The van der Waals surface area contributed by atoms with Gasteiger partial charge in [0.1, 0.15) is 5.25 Å². The molecule has 0 aromatic heterocycles. The number of thioether (sulfide) groups is 1. The number of carbonyl (C=O) groups excluding carboxylic acids is 2. The minimum atomic E-state index is -0.626. The van der Waals surface area contributed by atoms with Crippen LogP contribution in [0.25, 0.3) is 0 Å². The minimum Gasteiger partial charge on any atom is -0.383 e. The van der Waals surface area contributed by atoms with Gasteiger partial charge in [0.25, 0.3) is 5.69 Å². The summed E-state index contributed by atoms with van der Waals surface area (Å²) in [5, 5.41) is 15.9. The fraction of sp³-hybridized carbons (Fsp3) is 0.357. The van der Waals surface area contributed by atoms with Gasteiger partial charge in [-0.05, 0) is 6.07 Å². The van der Waals surface area contributed by atoms with Gasteiger partial charge in [0.15, 0.2) is 5.17 Å². The van der Waals surface area contributed by atoms with Crippen molar-refractivity contribution in [3.8, 4) is 0 Å². The SMILES string of the molecule is COCCN=C1NC(=O)[C@H](CC(=O)Nc2cc([N+](=O)[O-])ccc2Cl)S1. The number of benzene rings is 1. The van der Waals surface area contributed by atoms with Gasteiger partial charge in [-0.3, -0.25) is 24.7 Å². The van der Waals surface area contributed by atoms with Gasteiger partial charge in [0.05, 0.1) is 28.8 Å². The number of rotatable bonds is 7. The van der Waals surface area contributed by atoms with E-state index in [1.165, 1.54) is 18.2 Å². The maximum atomic E-state index is 12.1. The maximum Gasteiger partial charge on any atom is 0.271 e. The van der Waals surface area contributed by atoms with Crippen molar-refractivity contribution in [2.24, 2.45) is 4.99 Å². The zero-order chi connectivity index (χ0) is 18.4. The second-order valence-electron chi connectivity index (χ2n) is 4.95. The summed E-state index contributed by atoms with van der Waals surface area (Å²) in [5.41, 5.74) is -0.0708. The average molecular weight is 387 g/mol. The van der Waals surface area contributed by atoms with Gasteiger partial charge in [-0.25, -0.2) is 0 Å². The molecule has 1 atom stereocenters. The highest BCUT2D eigenvalue weighted by Crippen LogP contribution is 2.28. The first-order valence-electron chi connectivity index (χ1n) is 7.15. The van der Waals surface area contributed by atoms with E-state index in [0.717, 1.165) is 11.8 Å². The molecule has 11 heteroatoms. The highest BCUT2D eigenvalue weighted by Gasteiger charge is 2.32. The monoisotopic (exact) mass is 386 g/mol. The van der Waals surface area contributed by atoms with Crippen LogP contribution < -0.4 is 10.6 Å². The van der Waals surface area contributed by atoms with E-state index in [0.29, 0.717) is 18.3 Å². The van der Waals surface area contributed by atoms with Gasteiger partial charge in [-0.15, -0.1) is 0 Å². The Morgan fingerprint density at radius 1 is 1.56 bits per heavy atom. The molecular formula is C14H15ClN4O5S. The van der Waals surface area contributed by atoms with Crippen molar-refractivity contribution in [2.75, 3.05) is 25.6 Å². The number of nitro benzene ring substituents is 1. The largest absolute Gasteiger partial charge is 0.383 e. The Balaban J connectivity index is 1.97. The third kappa shape index (κ3) is 5.41. The maximum absolute atomic E-state index is 12.1. The molecule has 0 bridgehead atoms. The van der Waals surface area contributed by atoms with Crippen molar-refractivity contribution in [3.05, 3.63) is 33.3 Å². The fourth-order valence-corrected chi connectivity index (χ4v) is 3.11. The molecule has 2 amide bonds. The lowest BCUT2D eigenvalue weighted by molar-refractivity contribution is -0.384.